The van der Waals surface area contributed by atoms with Crippen LogP contribution in [0.4, 0.5) is 8.78 Å². The zero-order valence-electron chi connectivity index (χ0n) is 18.6. The molecule has 2 aliphatic rings. The van der Waals surface area contributed by atoms with Crippen LogP contribution in [0, 0.1) is 11.6 Å². The molecule has 182 valence electrons. The lowest BCUT2D eigenvalue weighted by Crippen LogP contribution is -2.49. The van der Waals surface area contributed by atoms with Crippen molar-refractivity contribution < 1.29 is 33.0 Å². The van der Waals surface area contributed by atoms with Crippen molar-refractivity contribution >= 4 is 11.8 Å². The number of nitrogens with zero attached hydrogens (tertiary/aromatic N) is 2. The maximum atomic E-state index is 13.9. The van der Waals surface area contributed by atoms with E-state index in [-0.39, 0.29) is 54.9 Å². The number of aliphatic hydroxyl groups excluding tert-OH is 1. The second-order valence-corrected chi connectivity index (χ2v) is 8.25. The molecule has 0 radical (unpaired) electrons. The van der Waals surface area contributed by atoms with E-state index >= 15 is 0 Å². The van der Waals surface area contributed by atoms with E-state index in [1.165, 1.54) is 16.8 Å². The molecule has 0 bridgehead atoms. The lowest BCUT2D eigenvalue weighted by Gasteiger charge is -2.34. The van der Waals surface area contributed by atoms with Gasteiger partial charge in [0, 0.05) is 31.0 Å². The second-order valence-electron chi connectivity index (χ2n) is 8.25. The quantitative estimate of drug-likeness (QED) is 0.557. The molecule has 34 heavy (non-hydrogen) atoms. The zero-order chi connectivity index (χ0) is 24.4. The lowest BCUT2D eigenvalue weighted by atomic mass is 10.1. The zero-order valence-corrected chi connectivity index (χ0v) is 18.6. The molecule has 4 rings (SSSR count). The number of carbonyl (C=O) groups is 2. The molecule has 2 aromatic rings. The minimum Gasteiger partial charge on any atom is -0.487 e. The number of amides is 2. The fraction of sp³-hybridized carbons (Fsp3) is 0.435. The molecule has 2 atom stereocenters. The van der Waals surface area contributed by atoms with E-state index in [1.54, 1.807) is 4.90 Å². The summed E-state index contributed by atoms with van der Waals surface area (Å²) in [5.41, 5.74) is -0.973. The highest BCUT2D eigenvalue weighted by Crippen LogP contribution is 2.30. The van der Waals surface area contributed by atoms with E-state index in [0.29, 0.717) is 25.5 Å². The number of ether oxygens (including phenoxy) is 2. The lowest BCUT2D eigenvalue weighted by molar-refractivity contribution is 0.00607. The number of carbonyl (C=O) groups excluding carboxylic acids is 2. The molecule has 1 saturated heterocycles. The number of unbranched alkanes of at least 4 members (excludes halogenated alkanes) is 1. The summed E-state index contributed by atoms with van der Waals surface area (Å²) in [5, 5.41) is 11.5. The Balaban J connectivity index is 1.66. The smallest absolute Gasteiger partial charge is 0.276 e. The van der Waals surface area contributed by atoms with E-state index in [0.717, 1.165) is 6.07 Å². The molecule has 0 aliphatic carbocycles. The number of halogens is 2. The number of nitrogens with one attached hydrogen (secondary N) is 1. The summed E-state index contributed by atoms with van der Waals surface area (Å²) in [5.74, 6) is -3.05. The highest BCUT2D eigenvalue weighted by atomic mass is 19.1. The van der Waals surface area contributed by atoms with Crippen molar-refractivity contribution in [2.75, 3.05) is 19.8 Å². The Morgan fingerprint density at radius 3 is 2.82 bits per heavy atom. The molecule has 9 nitrogen and oxygen atoms in total. The Kier molecular flexibility index (Phi) is 6.94. The summed E-state index contributed by atoms with van der Waals surface area (Å²) in [6, 6.07) is 2.79. The van der Waals surface area contributed by atoms with Crippen LogP contribution in [0.15, 0.2) is 29.2 Å². The molecular weight excluding hydrogens is 452 g/mol. The summed E-state index contributed by atoms with van der Waals surface area (Å²) in [7, 11) is 0. The highest BCUT2D eigenvalue weighted by Gasteiger charge is 2.43. The first-order valence-corrected chi connectivity index (χ1v) is 11.0. The van der Waals surface area contributed by atoms with Crippen LogP contribution in [0.5, 0.6) is 5.75 Å². The van der Waals surface area contributed by atoms with E-state index in [4.69, 9.17) is 14.6 Å². The number of rotatable bonds is 8. The third-order valence-corrected chi connectivity index (χ3v) is 5.84. The third-order valence-electron chi connectivity index (χ3n) is 5.84. The first kappa shape index (κ1) is 23.8. The van der Waals surface area contributed by atoms with Crippen LogP contribution in [-0.4, -0.2) is 58.5 Å². The topological polar surface area (TPSA) is 110 Å². The first-order chi connectivity index (χ1) is 16.3. The van der Waals surface area contributed by atoms with Gasteiger partial charge in [0.15, 0.2) is 17.7 Å². The maximum Gasteiger partial charge on any atom is 0.276 e. The van der Waals surface area contributed by atoms with E-state index < -0.39 is 35.1 Å². The predicted octanol–water partition coefficient (Wildman–Crippen LogP) is 1.41. The number of benzene rings is 1. The van der Waals surface area contributed by atoms with Gasteiger partial charge in [0.25, 0.3) is 11.8 Å². The fourth-order valence-corrected chi connectivity index (χ4v) is 4.08. The fourth-order valence-electron chi connectivity index (χ4n) is 4.08. The Bertz CT molecular complexity index is 1170. The molecule has 2 N–H and O–H groups in total. The van der Waals surface area contributed by atoms with Gasteiger partial charge in [0.05, 0.1) is 25.8 Å². The van der Waals surface area contributed by atoms with Crippen molar-refractivity contribution in [1.82, 2.24) is 14.8 Å². The van der Waals surface area contributed by atoms with Crippen LogP contribution < -0.4 is 15.5 Å². The van der Waals surface area contributed by atoms with Crippen LogP contribution in [0.3, 0.4) is 0 Å². The van der Waals surface area contributed by atoms with E-state index in [2.05, 4.69) is 5.32 Å². The van der Waals surface area contributed by atoms with Gasteiger partial charge in [-0.3, -0.25) is 14.4 Å². The van der Waals surface area contributed by atoms with E-state index in [1.807, 2.05) is 6.92 Å². The average Bonchev–Trinajstić information content (AvgIpc) is 3.17. The van der Waals surface area contributed by atoms with Gasteiger partial charge in [0.1, 0.15) is 17.2 Å². The van der Waals surface area contributed by atoms with Crippen LogP contribution in [0.25, 0.3) is 0 Å². The average molecular weight is 477 g/mol. The molecule has 0 saturated carbocycles. The largest absolute Gasteiger partial charge is 0.487 e. The molecule has 1 aromatic heterocycles. The van der Waals surface area contributed by atoms with Gasteiger partial charge >= 0.3 is 0 Å². The number of hydrogen-bond donors (Lipinski definition) is 2. The second kappa shape index (κ2) is 9.90. The van der Waals surface area contributed by atoms with Crippen LogP contribution in [0.2, 0.25) is 0 Å². The van der Waals surface area contributed by atoms with Gasteiger partial charge in [-0.15, -0.1) is 0 Å². The molecule has 2 amide bonds. The van der Waals surface area contributed by atoms with Crippen LogP contribution in [0.1, 0.15) is 46.2 Å². The van der Waals surface area contributed by atoms with Gasteiger partial charge in [-0.2, -0.15) is 0 Å². The monoisotopic (exact) mass is 477 g/mol. The minimum atomic E-state index is -0.825. The van der Waals surface area contributed by atoms with E-state index in [9.17, 15) is 23.2 Å². The Morgan fingerprint density at radius 1 is 1.29 bits per heavy atom. The predicted molar refractivity (Wildman–Crippen MR) is 115 cm³/mol. The highest BCUT2D eigenvalue weighted by molar-refractivity contribution is 5.99. The summed E-state index contributed by atoms with van der Waals surface area (Å²) < 4.78 is 39.9. The molecular formula is C23H25F2N3O6. The molecule has 0 unspecified atom stereocenters. The normalized spacial score (nSPS) is 19.1. The molecule has 1 aromatic carbocycles. The Morgan fingerprint density at radius 2 is 2.09 bits per heavy atom. The SMILES string of the molecule is C[C@H]1CO[C@@H]2Cn3cc(C(=O)NCc4ccc(F)cc4F)c(=O)c(OCCCCO)c3C(=O)N12. The summed E-state index contributed by atoms with van der Waals surface area (Å²) >= 11 is 0. The molecule has 1 fully saturated rings. The summed E-state index contributed by atoms with van der Waals surface area (Å²) in [6.07, 6.45) is 1.62. The summed E-state index contributed by atoms with van der Waals surface area (Å²) in [6.45, 7) is 2.13. The maximum absolute atomic E-state index is 13.9. The van der Waals surface area contributed by atoms with Crippen molar-refractivity contribution in [3.8, 4) is 5.75 Å². The minimum absolute atomic E-state index is 0.0312. The van der Waals surface area contributed by atoms with Gasteiger partial charge < -0.3 is 29.4 Å². The van der Waals surface area contributed by atoms with Crippen molar-refractivity contribution in [3.63, 3.8) is 0 Å². The van der Waals surface area contributed by atoms with Crippen molar-refractivity contribution in [3.05, 3.63) is 63.1 Å². The van der Waals surface area contributed by atoms with Gasteiger partial charge in [-0.05, 0) is 25.8 Å². The Hall–Kier alpha value is -3.31. The molecule has 3 heterocycles. The van der Waals surface area contributed by atoms with Crippen LogP contribution in [-0.2, 0) is 17.8 Å². The number of fused-ring (bicyclic) bond motifs is 2. The molecule has 0 spiro atoms. The third kappa shape index (κ3) is 4.53. The molecule has 11 heteroatoms. The number of pyridine rings is 1. The Labute approximate surface area is 193 Å². The standard InChI is InChI=1S/C23H25F2N3O6/c1-13-12-34-18-11-27-10-16(22(31)26-9-14-4-5-15(24)8-17(14)25)20(30)21(33-7-3-2-6-29)19(27)23(32)28(13)18/h4-5,8,10,13,18,29H,2-3,6-7,9,11-12H2,1H3,(H,26,31)/t13-,18+/m0/s1. The van der Waals surface area contributed by atoms with Crippen molar-refractivity contribution in [1.29, 1.82) is 0 Å². The van der Waals surface area contributed by atoms with Crippen LogP contribution >= 0.6 is 0 Å². The summed E-state index contributed by atoms with van der Waals surface area (Å²) in [4.78, 5) is 40.8. The number of aromatic nitrogens is 1. The van der Waals surface area contributed by atoms with Crippen molar-refractivity contribution in [2.45, 2.75) is 45.1 Å². The van der Waals surface area contributed by atoms with Gasteiger partial charge in [-0.1, -0.05) is 6.07 Å². The number of hydrogen-bond acceptors (Lipinski definition) is 6. The van der Waals surface area contributed by atoms with Gasteiger partial charge in [-0.25, -0.2) is 8.78 Å². The van der Waals surface area contributed by atoms with Crippen molar-refractivity contribution in [2.24, 2.45) is 0 Å². The van der Waals surface area contributed by atoms with Gasteiger partial charge in [0.2, 0.25) is 5.43 Å². The first-order valence-electron chi connectivity index (χ1n) is 11.0. The number of aliphatic hydroxyl groups is 1. The molecule has 2 aliphatic heterocycles.